The van der Waals surface area contributed by atoms with Crippen molar-refractivity contribution >= 4 is 50.7 Å². The number of carbonyl (C=O) groups excluding carboxylic acids is 2. The highest BCUT2D eigenvalue weighted by molar-refractivity contribution is 7.92. The molecule has 0 aliphatic rings. The molecule has 0 spiro atoms. The second-order valence-electron chi connectivity index (χ2n) is 8.18. The van der Waals surface area contributed by atoms with Crippen molar-refractivity contribution in [2.24, 2.45) is 0 Å². The molecule has 2 amide bonds. The van der Waals surface area contributed by atoms with Crippen LogP contribution >= 0.6 is 23.2 Å². The van der Waals surface area contributed by atoms with E-state index in [4.69, 9.17) is 23.2 Å². The van der Waals surface area contributed by atoms with E-state index in [1.165, 1.54) is 23.1 Å². The Morgan fingerprint density at radius 2 is 1.71 bits per heavy atom. The second-order valence-corrected chi connectivity index (χ2v) is 10.9. The highest BCUT2D eigenvalue weighted by Crippen LogP contribution is 2.30. The van der Waals surface area contributed by atoms with Crippen LogP contribution in [0.5, 0.6) is 0 Å². The van der Waals surface area contributed by atoms with Crippen molar-refractivity contribution in [3.05, 3.63) is 64.1 Å². The quantitative estimate of drug-likeness (QED) is 0.475. The minimum absolute atomic E-state index is 0.0542. The molecule has 0 radical (unpaired) electrons. The first-order valence-electron chi connectivity index (χ1n) is 11.0. The highest BCUT2D eigenvalue weighted by Gasteiger charge is 2.30. The molecule has 2 aromatic rings. The smallest absolute Gasteiger partial charge is 0.244 e. The Hall–Kier alpha value is -2.29. The number of benzene rings is 2. The fraction of sp³-hybridized carbons (Fsp3) is 0.417. The van der Waals surface area contributed by atoms with E-state index in [0.29, 0.717) is 11.4 Å². The zero-order valence-electron chi connectivity index (χ0n) is 19.8. The zero-order chi connectivity index (χ0) is 25.5. The van der Waals surface area contributed by atoms with Crippen LogP contribution in [0.15, 0.2) is 48.5 Å². The number of rotatable bonds is 11. The first-order chi connectivity index (χ1) is 15.9. The van der Waals surface area contributed by atoms with Gasteiger partial charge in [-0.1, -0.05) is 60.5 Å². The van der Waals surface area contributed by atoms with Gasteiger partial charge in [0, 0.05) is 17.6 Å². The zero-order valence-corrected chi connectivity index (χ0v) is 22.1. The third-order valence-corrected chi connectivity index (χ3v) is 7.17. The molecule has 0 aliphatic heterocycles. The summed E-state index contributed by atoms with van der Waals surface area (Å²) in [6.45, 7) is 5.21. The van der Waals surface area contributed by atoms with E-state index in [2.05, 4.69) is 5.32 Å². The van der Waals surface area contributed by atoms with Crippen LogP contribution in [0.25, 0.3) is 0 Å². The Morgan fingerprint density at radius 3 is 2.26 bits per heavy atom. The lowest BCUT2D eigenvalue weighted by molar-refractivity contribution is -0.139. The SMILES string of the molecule is CC[C@@H](C)NC(=O)[C@@H](C)N(CCc1ccccc1)C(=O)CN(c1ccc(Cl)cc1Cl)S(C)(=O)=O. The summed E-state index contributed by atoms with van der Waals surface area (Å²) >= 11 is 12.2. The predicted octanol–water partition coefficient (Wildman–Crippen LogP) is 4.13. The largest absolute Gasteiger partial charge is 0.352 e. The van der Waals surface area contributed by atoms with Crippen molar-refractivity contribution in [3.63, 3.8) is 0 Å². The van der Waals surface area contributed by atoms with E-state index < -0.39 is 28.5 Å². The number of anilines is 1. The van der Waals surface area contributed by atoms with Gasteiger partial charge in [0.1, 0.15) is 12.6 Å². The van der Waals surface area contributed by atoms with E-state index in [1.807, 2.05) is 44.2 Å². The summed E-state index contributed by atoms with van der Waals surface area (Å²) in [5.74, 6) is -0.814. The van der Waals surface area contributed by atoms with Gasteiger partial charge in [-0.05, 0) is 50.5 Å². The van der Waals surface area contributed by atoms with Crippen LogP contribution in [0.2, 0.25) is 10.0 Å². The van der Waals surface area contributed by atoms with Gasteiger partial charge in [-0.3, -0.25) is 13.9 Å². The molecular weight excluding hydrogens is 497 g/mol. The minimum Gasteiger partial charge on any atom is -0.352 e. The Balaban J connectivity index is 2.34. The molecule has 2 atom stereocenters. The fourth-order valence-corrected chi connectivity index (χ4v) is 4.74. The van der Waals surface area contributed by atoms with Crippen molar-refractivity contribution in [1.29, 1.82) is 0 Å². The molecule has 34 heavy (non-hydrogen) atoms. The van der Waals surface area contributed by atoms with Gasteiger partial charge in [0.2, 0.25) is 21.8 Å². The van der Waals surface area contributed by atoms with Crippen molar-refractivity contribution in [2.45, 2.75) is 45.7 Å². The topological polar surface area (TPSA) is 86.8 Å². The molecule has 0 saturated carbocycles. The normalized spacial score (nSPS) is 13.1. The second kappa shape index (κ2) is 12.4. The predicted molar refractivity (Wildman–Crippen MR) is 138 cm³/mol. The molecule has 186 valence electrons. The van der Waals surface area contributed by atoms with E-state index in [1.54, 1.807) is 6.92 Å². The molecule has 0 fully saturated rings. The Bertz CT molecular complexity index is 1100. The Kier molecular flexibility index (Phi) is 10.2. The molecule has 2 rings (SSSR count). The number of hydrogen-bond acceptors (Lipinski definition) is 4. The summed E-state index contributed by atoms with van der Waals surface area (Å²) in [6.07, 6.45) is 2.25. The number of carbonyl (C=O) groups is 2. The molecule has 0 saturated heterocycles. The monoisotopic (exact) mass is 527 g/mol. The molecule has 1 N–H and O–H groups in total. The van der Waals surface area contributed by atoms with Crippen LogP contribution in [0.1, 0.15) is 32.8 Å². The van der Waals surface area contributed by atoms with Gasteiger partial charge in [-0.2, -0.15) is 0 Å². The van der Waals surface area contributed by atoms with Crippen molar-refractivity contribution in [2.75, 3.05) is 23.7 Å². The van der Waals surface area contributed by atoms with E-state index >= 15 is 0 Å². The van der Waals surface area contributed by atoms with E-state index in [-0.39, 0.29) is 29.2 Å². The molecule has 0 aromatic heterocycles. The Morgan fingerprint density at radius 1 is 1.06 bits per heavy atom. The van der Waals surface area contributed by atoms with Crippen LogP contribution in [0.4, 0.5) is 5.69 Å². The standard InChI is InChI=1S/C24H31Cl2N3O4S/c1-5-17(2)27-24(31)18(3)28(14-13-19-9-7-6-8-10-19)23(30)16-29(34(4,32)33)22-12-11-20(25)15-21(22)26/h6-12,15,17-18H,5,13-14,16H2,1-4H3,(H,27,31)/t17-,18-/m1/s1. The van der Waals surface area contributed by atoms with Gasteiger partial charge in [-0.25, -0.2) is 8.42 Å². The first kappa shape index (κ1) is 28.0. The Labute approximate surface area is 212 Å². The number of halogens is 2. The fourth-order valence-electron chi connectivity index (χ4n) is 3.31. The van der Waals surface area contributed by atoms with Crippen LogP contribution in [-0.4, -0.2) is 56.6 Å². The molecule has 10 heteroatoms. The van der Waals surface area contributed by atoms with Crippen LogP contribution in [0.3, 0.4) is 0 Å². The average Bonchev–Trinajstić information content (AvgIpc) is 2.77. The molecular formula is C24H31Cl2N3O4S. The number of hydrogen-bond donors (Lipinski definition) is 1. The lowest BCUT2D eigenvalue weighted by Gasteiger charge is -2.32. The van der Waals surface area contributed by atoms with Gasteiger partial charge in [0.25, 0.3) is 0 Å². The van der Waals surface area contributed by atoms with Crippen LogP contribution in [0, 0.1) is 0 Å². The third-order valence-electron chi connectivity index (χ3n) is 5.51. The van der Waals surface area contributed by atoms with Crippen molar-refractivity contribution < 1.29 is 18.0 Å². The minimum atomic E-state index is -3.86. The van der Waals surface area contributed by atoms with Gasteiger partial charge < -0.3 is 10.2 Å². The summed E-state index contributed by atoms with van der Waals surface area (Å²) in [7, 11) is -3.86. The summed E-state index contributed by atoms with van der Waals surface area (Å²) in [6, 6.07) is 13.1. The molecule has 0 bridgehead atoms. The van der Waals surface area contributed by atoms with E-state index in [0.717, 1.165) is 22.5 Å². The lowest BCUT2D eigenvalue weighted by atomic mass is 10.1. The van der Waals surface area contributed by atoms with Gasteiger partial charge in [0.05, 0.1) is 17.0 Å². The molecule has 2 aromatic carbocycles. The maximum atomic E-state index is 13.4. The van der Waals surface area contributed by atoms with Gasteiger partial charge >= 0.3 is 0 Å². The maximum absolute atomic E-state index is 13.4. The van der Waals surface area contributed by atoms with Crippen molar-refractivity contribution in [1.82, 2.24) is 10.2 Å². The number of sulfonamides is 1. The van der Waals surface area contributed by atoms with E-state index in [9.17, 15) is 18.0 Å². The molecule has 7 nitrogen and oxygen atoms in total. The summed E-state index contributed by atoms with van der Waals surface area (Å²) < 4.78 is 26.1. The first-order valence-corrected chi connectivity index (χ1v) is 13.6. The molecule has 0 unspecified atom stereocenters. The summed E-state index contributed by atoms with van der Waals surface area (Å²) in [4.78, 5) is 27.7. The summed E-state index contributed by atoms with van der Waals surface area (Å²) in [5.41, 5.74) is 1.14. The maximum Gasteiger partial charge on any atom is 0.244 e. The number of nitrogens with one attached hydrogen (secondary N) is 1. The molecule has 0 aliphatic carbocycles. The van der Waals surface area contributed by atoms with Crippen LogP contribution in [-0.2, 0) is 26.0 Å². The van der Waals surface area contributed by atoms with Gasteiger partial charge in [-0.15, -0.1) is 0 Å². The lowest BCUT2D eigenvalue weighted by Crippen LogP contribution is -2.53. The van der Waals surface area contributed by atoms with Crippen LogP contribution < -0.4 is 9.62 Å². The van der Waals surface area contributed by atoms with Gasteiger partial charge in [0.15, 0.2) is 0 Å². The average molecular weight is 529 g/mol. The number of amides is 2. The highest BCUT2D eigenvalue weighted by atomic mass is 35.5. The number of nitrogens with zero attached hydrogens (tertiary/aromatic N) is 2. The summed E-state index contributed by atoms with van der Waals surface area (Å²) in [5, 5.41) is 3.34. The van der Waals surface area contributed by atoms with Crippen molar-refractivity contribution in [3.8, 4) is 0 Å². The molecule has 0 heterocycles. The third kappa shape index (κ3) is 7.89.